The average molecular weight is 356 g/mol. The van der Waals surface area contributed by atoms with Crippen molar-refractivity contribution in [2.75, 3.05) is 6.54 Å². The number of thiazole rings is 1. The van der Waals surface area contributed by atoms with Crippen LogP contribution in [-0.2, 0) is 6.54 Å². The lowest BCUT2D eigenvalue weighted by Gasteiger charge is -2.24. The number of benzene rings is 1. The van der Waals surface area contributed by atoms with Gasteiger partial charge in [0, 0.05) is 18.5 Å². The van der Waals surface area contributed by atoms with Gasteiger partial charge in [0.2, 0.25) is 0 Å². The molecule has 1 aliphatic heterocycles. The fraction of sp³-hybridized carbons (Fsp3) is 0.333. The number of rotatable bonds is 3. The third-order valence-corrected chi connectivity index (χ3v) is 5.40. The van der Waals surface area contributed by atoms with Gasteiger partial charge in [-0.3, -0.25) is 4.79 Å². The van der Waals surface area contributed by atoms with Gasteiger partial charge in [-0.15, -0.1) is 11.3 Å². The van der Waals surface area contributed by atoms with Gasteiger partial charge in [0.25, 0.3) is 5.91 Å². The fourth-order valence-electron chi connectivity index (χ4n) is 2.73. The molecular weight excluding hydrogens is 341 g/mol. The number of nitrogens with zero attached hydrogens (tertiary/aromatic N) is 2. The highest BCUT2D eigenvalue weighted by Gasteiger charge is 2.31. The number of likely N-dealkylation sites (tertiary alicyclic amines) is 1. The molecule has 1 unspecified atom stereocenters. The molecule has 0 saturated carbocycles. The van der Waals surface area contributed by atoms with Gasteiger partial charge in [-0.25, -0.2) is 4.98 Å². The number of halogens is 2. The average Bonchev–Trinajstić information content (AvgIpc) is 3.18. The minimum absolute atomic E-state index is 0.0188. The summed E-state index contributed by atoms with van der Waals surface area (Å²) in [6, 6.07) is 5.56. The van der Waals surface area contributed by atoms with Gasteiger partial charge in [-0.2, -0.15) is 0 Å². The Labute approximate surface area is 142 Å². The maximum absolute atomic E-state index is 12.7. The Balaban J connectivity index is 1.86. The Bertz CT molecular complexity index is 704. The van der Waals surface area contributed by atoms with Crippen LogP contribution in [0.2, 0.25) is 10.0 Å². The second-order valence-corrected chi connectivity index (χ2v) is 6.92. The van der Waals surface area contributed by atoms with E-state index in [4.69, 9.17) is 28.9 Å². The largest absolute Gasteiger partial charge is 0.330 e. The van der Waals surface area contributed by atoms with Crippen molar-refractivity contribution in [1.82, 2.24) is 9.88 Å². The van der Waals surface area contributed by atoms with Crippen LogP contribution in [0.1, 0.15) is 39.9 Å². The van der Waals surface area contributed by atoms with Gasteiger partial charge in [0.1, 0.15) is 10.7 Å². The highest BCUT2D eigenvalue weighted by atomic mass is 35.5. The van der Waals surface area contributed by atoms with Crippen LogP contribution in [0.4, 0.5) is 0 Å². The van der Waals surface area contributed by atoms with Gasteiger partial charge < -0.3 is 10.6 Å². The minimum atomic E-state index is -0.0514. The van der Waals surface area contributed by atoms with Crippen LogP contribution in [0.5, 0.6) is 0 Å². The molecule has 1 fully saturated rings. The quantitative estimate of drug-likeness (QED) is 0.908. The normalized spacial score (nSPS) is 18.0. The van der Waals surface area contributed by atoms with Gasteiger partial charge >= 0.3 is 0 Å². The number of amides is 1. The van der Waals surface area contributed by atoms with Gasteiger partial charge in [0.05, 0.1) is 16.1 Å². The van der Waals surface area contributed by atoms with Crippen molar-refractivity contribution < 1.29 is 4.79 Å². The number of carbonyl (C=O) groups is 1. The number of nitrogens with two attached hydrogens (primary N) is 1. The van der Waals surface area contributed by atoms with E-state index in [1.165, 1.54) is 11.3 Å². The molecular formula is C15H15Cl2N3OS. The minimum Gasteiger partial charge on any atom is -0.330 e. The molecule has 0 aliphatic carbocycles. The lowest BCUT2D eigenvalue weighted by molar-refractivity contribution is 0.0730. The van der Waals surface area contributed by atoms with Crippen molar-refractivity contribution in [2.45, 2.75) is 25.4 Å². The van der Waals surface area contributed by atoms with E-state index in [9.17, 15) is 4.79 Å². The topological polar surface area (TPSA) is 59.2 Å². The third-order valence-electron chi connectivity index (χ3n) is 3.79. The van der Waals surface area contributed by atoms with Crippen LogP contribution in [0, 0.1) is 0 Å². The summed E-state index contributed by atoms with van der Waals surface area (Å²) in [5.74, 6) is -0.0514. The van der Waals surface area contributed by atoms with E-state index in [0.29, 0.717) is 22.3 Å². The van der Waals surface area contributed by atoms with Crippen molar-refractivity contribution in [2.24, 2.45) is 5.73 Å². The maximum Gasteiger partial charge on any atom is 0.273 e. The molecule has 2 N–H and O–H groups in total. The van der Waals surface area contributed by atoms with Gasteiger partial charge in [0.15, 0.2) is 0 Å². The molecule has 0 spiro atoms. The van der Waals surface area contributed by atoms with Crippen LogP contribution in [0.25, 0.3) is 0 Å². The van der Waals surface area contributed by atoms with E-state index >= 15 is 0 Å². The number of hydrogen-bond donors (Lipinski definition) is 1. The van der Waals surface area contributed by atoms with Gasteiger partial charge in [-0.1, -0.05) is 29.3 Å². The lowest BCUT2D eigenvalue weighted by Crippen LogP contribution is -2.30. The van der Waals surface area contributed by atoms with Gasteiger partial charge in [-0.05, 0) is 30.5 Å². The lowest BCUT2D eigenvalue weighted by atomic mass is 10.0. The second-order valence-electron chi connectivity index (χ2n) is 5.16. The highest BCUT2D eigenvalue weighted by molar-refractivity contribution is 7.09. The Morgan fingerprint density at radius 2 is 2.23 bits per heavy atom. The Morgan fingerprint density at radius 3 is 2.91 bits per heavy atom. The summed E-state index contributed by atoms with van der Waals surface area (Å²) in [4.78, 5) is 18.8. The first-order valence-corrected chi connectivity index (χ1v) is 8.64. The van der Waals surface area contributed by atoms with Crippen LogP contribution in [0.3, 0.4) is 0 Å². The summed E-state index contributed by atoms with van der Waals surface area (Å²) in [7, 11) is 0. The monoisotopic (exact) mass is 355 g/mol. The first-order valence-electron chi connectivity index (χ1n) is 7.00. The predicted octanol–water partition coefficient (Wildman–Crippen LogP) is 3.89. The molecule has 116 valence electrons. The predicted molar refractivity (Wildman–Crippen MR) is 89.5 cm³/mol. The zero-order valence-corrected chi connectivity index (χ0v) is 14.1. The van der Waals surface area contributed by atoms with Crippen LogP contribution >= 0.6 is 34.5 Å². The summed E-state index contributed by atoms with van der Waals surface area (Å²) < 4.78 is 0. The van der Waals surface area contributed by atoms with Crippen LogP contribution < -0.4 is 5.73 Å². The molecule has 0 bridgehead atoms. The number of aromatic nitrogens is 1. The van der Waals surface area contributed by atoms with Crippen molar-refractivity contribution in [3.8, 4) is 0 Å². The van der Waals surface area contributed by atoms with E-state index < -0.39 is 0 Å². The first kappa shape index (κ1) is 15.7. The van der Waals surface area contributed by atoms with E-state index in [0.717, 1.165) is 30.0 Å². The first-order chi connectivity index (χ1) is 10.6. The smallest absolute Gasteiger partial charge is 0.273 e. The molecule has 1 atom stereocenters. The van der Waals surface area contributed by atoms with Crippen molar-refractivity contribution >= 4 is 40.4 Å². The summed E-state index contributed by atoms with van der Waals surface area (Å²) in [6.07, 6.45) is 1.88. The molecule has 1 aromatic carbocycles. The molecule has 3 rings (SSSR count). The molecule has 2 heterocycles. The van der Waals surface area contributed by atoms with E-state index in [2.05, 4.69) is 4.98 Å². The Morgan fingerprint density at radius 1 is 1.41 bits per heavy atom. The SMILES string of the molecule is NCc1nc(C(=O)N2CCCC2c2ccc(Cl)c(Cl)c2)cs1. The van der Waals surface area contributed by atoms with E-state index in [-0.39, 0.29) is 11.9 Å². The van der Waals surface area contributed by atoms with Crippen LogP contribution in [-0.4, -0.2) is 22.3 Å². The zero-order valence-electron chi connectivity index (χ0n) is 11.8. The molecule has 7 heteroatoms. The molecule has 22 heavy (non-hydrogen) atoms. The summed E-state index contributed by atoms with van der Waals surface area (Å²) in [5, 5.41) is 3.58. The van der Waals surface area contributed by atoms with E-state index in [1.54, 1.807) is 11.4 Å². The van der Waals surface area contributed by atoms with Crippen molar-refractivity contribution in [3.05, 3.63) is 49.9 Å². The maximum atomic E-state index is 12.7. The fourth-order valence-corrected chi connectivity index (χ4v) is 3.68. The molecule has 1 aliphatic rings. The Hall–Kier alpha value is -1.14. The molecule has 4 nitrogen and oxygen atoms in total. The molecule has 1 saturated heterocycles. The standard InChI is InChI=1S/C15H15Cl2N3OS/c16-10-4-3-9(6-11(10)17)13-2-1-5-20(13)15(21)12-8-22-14(7-18)19-12/h3-4,6,8,13H,1-2,5,7,18H2. The van der Waals surface area contributed by atoms with Crippen molar-refractivity contribution in [3.63, 3.8) is 0 Å². The number of carbonyl (C=O) groups excluding carboxylic acids is 1. The summed E-state index contributed by atoms with van der Waals surface area (Å²) in [5.41, 5.74) is 7.04. The summed E-state index contributed by atoms with van der Waals surface area (Å²) in [6.45, 7) is 1.08. The third kappa shape index (κ3) is 2.99. The summed E-state index contributed by atoms with van der Waals surface area (Å²) >= 11 is 13.5. The van der Waals surface area contributed by atoms with Crippen LogP contribution in [0.15, 0.2) is 23.6 Å². The van der Waals surface area contributed by atoms with E-state index in [1.807, 2.05) is 17.0 Å². The zero-order chi connectivity index (χ0) is 15.7. The highest BCUT2D eigenvalue weighted by Crippen LogP contribution is 2.35. The molecule has 1 aromatic heterocycles. The molecule has 2 aromatic rings. The van der Waals surface area contributed by atoms with Crippen molar-refractivity contribution in [1.29, 1.82) is 0 Å². The Kier molecular flexibility index (Phi) is 4.68. The number of hydrogen-bond acceptors (Lipinski definition) is 4. The molecule has 1 amide bonds. The molecule has 0 radical (unpaired) electrons. The second kappa shape index (κ2) is 6.54.